The summed E-state index contributed by atoms with van der Waals surface area (Å²) in [4.78, 5) is 25.4. The van der Waals surface area contributed by atoms with Crippen LogP contribution in [0.5, 0.6) is 0 Å². The molecule has 0 bridgehead atoms. The van der Waals surface area contributed by atoms with Gasteiger partial charge in [0, 0.05) is 6.42 Å². The van der Waals surface area contributed by atoms with Crippen LogP contribution in [0.1, 0.15) is 264 Å². The lowest BCUT2D eigenvalue weighted by Gasteiger charge is -2.30. The average molecular weight is 911 g/mol. The molecule has 0 aromatic rings. The van der Waals surface area contributed by atoms with E-state index in [1.807, 2.05) is 21.1 Å². The van der Waals surface area contributed by atoms with Gasteiger partial charge in [-0.1, -0.05) is 237 Å². The van der Waals surface area contributed by atoms with Gasteiger partial charge in [-0.15, -0.1) is 0 Å². The van der Waals surface area contributed by atoms with Gasteiger partial charge in [-0.3, -0.25) is 9.36 Å². The Morgan fingerprint density at radius 2 is 0.921 bits per heavy atom. The van der Waals surface area contributed by atoms with E-state index in [0.717, 1.165) is 44.9 Å². The van der Waals surface area contributed by atoms with Gasteiger partial charge in [-0.2, -0.15) is 0 Å². The van der Waals surface area contributed by atoms with Crippen LogP contribution in [0.2, 0.25) is 0 Å². The monoisotopic (exact) mass is 911 g/mol. The molecule has 3 atom stereocenters. The summed E-state index contributed by atoms with van der Waals surface area (Å²) in [5, 5.41) is 13.9. The third-order valence-corrected chi connectivity index (χ3v) is 13.4. The molecule has 0 heterocycles. The van der Waals surface area contributed by atoms with Crippen molar-refractivity contribution in [3.05, 3.63) is 24.3 Å². The number of nitrogens with zero attached hydrogens (tertiary/aromatic N) is 1. The van der Waals surface area contributed by atoms with Gasteiger partial charge < -0.3 is 28.8 Å². The largest absolute Gasteiger partial charge is 0.756 e. The van der Waals surface area contributed by atoms with E-state index in [9.17, 15) is 19.4 Å². The van der Waals surface area contributed by atoms with E-state index in [2.05, 4.69) is 43.5 Å². The second-order valence-corrected chi connectivity index (χ2v) is 21.4. The fraction of sp³-hybridized carbons (Fsp3) is 0.907. The van der Waals surface area contributed by atoms with Crippen molar-refractivity contribution in [1.82, 2.24) is 5.32 Å². The molecule has 9 heteroatoms. The highest BCUT2D eigenvalue weighted by Gasteiger charge is 2.24. The van der Waals surface area contributed by atoms with E-state index in [4.69, 9.17) is 9.05 Å². The van der Waals surface area contributed by atoms with Gasteiger partial charge in [-0.25, -0.2) is 0 Å². The maximum atomic E-state index is 12.9. The molecule has 0 saturated heterocycles. The quantitative estimate of drug-likeness (QED) is 0.0272. The van der Waals surface area contributed by atoms with Crippen LogP contribution < -0.4 is 10.2 Å². The van der Waals surface area contributed by atoms with Gasteiger partial charge in [0.15, 0.2) is 0 Å². The van der Waals surface area contributed by atoms with Gasteiger partial charge in [0.05, 0.1) is 39.9 Å². The molecule has 0 rings (SSSR count). The minimum Gasteiger partial charge on any atom is -0.756 e. The van der Waals surface area contributed by atoms with Gasteiger partial charge in [0.25, 0.3) is 7.82 Å². The Morgan fingerprint density at radius 1 is 0.556 bits per heavy atom. The minimum absolute atomic E-state index is 0.0141. The highest BCUT2D eigenvalue weighted by molar-refractivity contribution is 7.45. The Bertz CT molecular complexity index is 1080. The first kappa shape index (κ1) is 62.0. The highest BCUT2D eigenvalue weighted by Crippen LogP contribution is 2.38. The molecule has 0 fully saturated rings. The van der Waals surface area contributed by atoms with Crippen LogP contribution in [0, 0.1) is 0 Å². The Hall–Kier alpha value is -1.02. The van der Waals surface area contributed by atoms with Crippen molar-refractivity contribution in [3.8, 4) is 0 Å². The number of phosphoric ester groups is 1. The van der Waals surface area contributed by atoms with Crippen LogP contribution in [-0.4, -0.2) is 68.5 Å². The summed E-state index contributed by atoms with van der Waals surface area (Å²) < 4.78 is 23.3. The van der Waals surface area contributed by atoms with Crippen LogP contribution in [0.3, 0.4) is 0 Å². The van der Waals surface area contributed by atoms with Gasteiger partial charge >= 0.3 is 0 Å². The summed E-state index contributed by atoms with van der Waals surface area (Å²) in [6.45, 7) is 4.71. The molecule has 0 saturated carbocycles. The Balaban J connectivity index is 3.95. The Morgan fingerprint density at radius 3 is 1.32 bits per heavy atom. The number of aliphatic hydroxyl groups is 1. The normalized spacial score (nSPS) is 14.2. The number of rotatable bonds is 50. The molecule has 2 N–H and O–H groups in total. The molecule has 0 spiro atoms. The van der Waals surface area contributed by atoms with Crippen molar-refractivity contribution in [3.63, 3.8) is 0 Å². The number of allylic oxidation sites excluding steroid dienone is 4. The maximum absolute atomic E-state index is 12.9. The topological polar surface area (TPSA) is 108 Å². The van der Waals surface area contributed by atoms with Crippen molar-refractivity contribution in [2.75, 3.05) is 40.9 Å². The molecule has 1 amide bonds. The zero-order valence-corrected chi connectivity index (χ0v) is 43.4. The molecule has 0 radical (unpaired) electrons. The van der Waals surface area contributed by atoms with E-state index in [1.54, 1.807) is 0 Å². The second-order valence-electron chi connectivity index (χ2n) is 19.9. The third kappa shape index (κ3) is 48.7. The smallest absolute Gasteiger partial charge is 0.268 e. The number of carbonyl (C=O) groups is 1. The first-order valence-electron chi connectivity index (χ1n) is 27.2. The first-order chi connectivity index (χ1) is 30.5. The molecule has 3 unspecified atom stereocenters. The number of carbonyl (C=O) groups excluding carboxylic acids is 1. The van der Waals surface area contributed by atoms with Gasteiger partial charge in [0.2, 0.25) is 5.91 Å². The lowest BCUT2D eigenvalue weighted by molar-refractivity contribution is -0.870. The molecular weight excluding hydrogens is 804 g/mol. The molecule has 0 aromatic carbocycles. The summed E-state index contributed by atoms with van der Waals surface area (Å²) in [6, 6.07) is -0.796. The number of quaternary nitrogens is 1. The second kappa shape index (κ2) is 46.1. The van der Waals surface area contributed by atoms with Crippen LogP contribution in [-0.2, 0) is 18.4 Å². The lowest BCUT2D eigenvalue weighted by atomic mass is 10.0. The van der Waals surface area contributed by atoms with Crippen molar-refractivity contribution < 1.29 is 32.9 Å². The van der Waals surface area contributed by atoms with E-state index >= 15 is 0 Å². The van der Waals surface area contributed by atoms with Gasteiger partial charge in [0.1, 0.15) is 13.2 Å². The SMILES string of the molecule is CCCCCCC/C=C\C/C=C\CCCCCCCCCCCCCCCCCCCCCC(=O)NC(COP(=O)([O-])OCC[N+](C)(C)C)C(O)CCCCCCCCCCCC. The molecule has 63 heavy (non-hydrogen) atoms. The molecular formula is C54H107N2O6P. The number of phosphoric acid groups is 1. The number of hydrogen-bond acceptors (Lipinski definition) is 6. The van der Waals surface area contributed by atoms with Crippen LogP contribution in [0.15, 0.2) is 24.3 Å². The standard InChI is InChI=1S/C54H107N2O6P/c1-6-8-10-12-14-16-18-19-20-21-22-23-24-25-26-27-28-29-30-31-32-33-34-35-36-37-38-40-42-44-46-48-54(58)55-52(51-62-63(59,60)61-50-49-56(3,4)5)53(57)47-45-43-41-39-17-15-13-11-9-7-2/h18-19,21-22,52-53,57H,6-17,20,23-51H2,1-5H3,(H-,55,58,59,60)/b19-18-,22-21-. The van der Waals surface area contributed by atoms with E-state index in [0.29, 0.717) is 23.9 Å². The molecule has 0 aliphatic carbocycles. The number of unbranched alkanes of at least 4 members (excludes halogenated alkanes) is 33. The van der Waals surface area contributed by atoms with Crippen LogP contribution >= 0.6 is 7.82 Å². The number of likely N-dealkylation sites (N-methyl/N-ethyl adjacent to an activating group) is 1. The summed E-state index contributed by atoms with van der Waals surface area (Å²) in [5.41, 5.74) is 0. The van der Waals surface area contributed by atoms with E-state index < -0.39 is 20.0 Å². The maximum Gasteiger partial charge on any atom is 0.268 e. The van der Waals surface area contributed by atoms with Crippen LogP contribution in [0.4, 0.5) is 0 Å². The minimum atomic E-state index is -4.56. The summed E-state index contributed by atoms with van der Waals surface area (Å²) >= 11 is 0. The summed E-state index contributed by atoms with van der Waals surface area (Å²) in [6.07, 6.45) is 56.5. The van der Waals surface area contributed by atoms with Crippen molar-refractivity contribution in [1.29, 1.82) is 0 Å². The fourth-order valence-corrected chi connectivity index (χ4v) is 8.85. The Labute approximate surface area is 392 Å². The Kier molecular flexibility index (Phi) is 45.4. The highest BCUT2D eigenvalue weighted by atomic mass is 31.2. The van der Waals surface area contributed by atoms with E-state index in [1.165, 1.54) is 193 Å². The molecule has 8 nitrogen and oxygen atoms in total. The summed E-state index contributed by atoms with van der Waals surface area (Å²) in [5.74, 6) is -0.163. The average Bonchev–Trinajstić information content (AvgIpc) is 3.24. The van der Waals surface area contributed by atoms with Crippen molar-refractivity contribution in [2.45, 2.75) is 276 Å². The molecule has 0 aromatic heterocycles. The predicted octanol–water partition coefficient (Wildman–Crippen LogP) is 15.4. The molecule has 0 aliphatic heterocycles. The van der Waals surface area contributed by atoms with Crippen molar-refractivity contribution >= 4 is 13.7 Å². The number of amides is 1. The number of hydrogen-bond donors (Lipinski definition) is 2. The van der Waals surface area contributed by atoms with E-state index in [-0.39, 0.29) is 19.1 Å². The first-order valence-corrected chi connectivity index (χ1v) is 28.6. The fourth-order valence-electron chi connectivity index (χ4n) is 8.13. The summed E-state index contributed by atoms with van der Waals surface area (Å²) in [7, 11) is 1.31. The molecule has 0 aliphatic rings. The third-order valence-electron chi connectivity index (χ3n) is 12.4. The zero-order valence-electron chi connectivity index (χ0n) is 42.5. The number of nitrogens with one attached hydrogen (secondary N) is 1. The number of aliphatic hydroxyl groups excluding tert-OH is 1. The van der Waals surface area contributed by atoms with Gasteiger partial charge in [-0.05, 0) is 44.9 Å². The zero-order chi connectivity index (χ0) is 46.4. The predicted molar refractivity (Wildman–Crippen MR) is 270 cm³/mol. The van der Waals surface area contributed by atoms with Crippen LogP contribution in [0.25, 0.3) is 0 Å². The van der Waals surface area contributed by atoms with Crippen molar-refractivity contribution in [2.24, 2.45) is 0 Å². The molecule has 374 valence electrons. The lowest BCUT2D eigenvalue weighted by Crippen LogP contribution is -2.46.